The fourth-order valence-electron chi connectivity index (χ4n) is 4.48. The molecule has 0 saturated carbocycles. The first-order chi connectivity index (χ1) is 14.5. The molecule has 0 bridgehead atoms. The predicted octanol–water partition coefficient (Wildman–Crippen LogP) is 4.01. The van der Waals surface area contributed by atoms with E-state index < -0.39 is 0 Å². The van der Waals surface area contributed by atoms with Crippen molar-refractivity contribution >= 4 is 27.7 Å². The Labute approximate surface area is 172 Å². The van der Waals surface area contributed by atoms with Gasteiger partial charge in [-0.15, -0.1) is 0 Å². The number of rotatable bonds is 3. The number of aromatic nitrogens is 2. The van der Waals surface area contributed by atoms with Gasteiger partial charge in [0.25, 0.3) is 5.91 Å². The molecule has 0 aliphatic carbocycles. The number of carbonyl (C=O) groups is 1. The van der Waals surface area contributed by atoms with Crippen LogP contribution in [0.15, 0.2) is 36.4 Å². The lowest BCUT2D eigenvalue weighted by molar-refractivity contribution is 0.0726. The van der Waals surface area contributed by atoms with Gasteiger partial charge in [-0.2, -0.15) is 0 Å². The minimum Gasteiger partial charge on any atom is -0.496 e. The summed E-state index contributed by atoms with van der Waals surface area (Å²) < 4.78 is 26.6. The molecule has 5 rings (SSSR count). The van der Waals surface area contributed by atoms with Crippen LogP contribution in [0.2, 0.25) is 0 Å². The van der Waals surface area contributed by atoms with Crippen LogP contribution in [0.3, 0.4) is 0 Å². The first kappa shape index (κ1) is 18.5. The summed E-state index contributed by atoms with van der Waals surface area (Å²) >= 11 is 0. The molecule has 7 heteroatoms. The van der Waals surface area contributed by atoms with Crippen molar-refractivity contribution in [2.24, 2.45) is 7.05 Å². The normalized spacial score (nSPS) is 13.7. The number of hydrogen-bond donors (Lipinski definition) is 1. The van der Waals surface area contributed by atoms with E-state index in [4.69, 9.17) is 9.47 Å². The van der Waals surface area contributed by atoms with E-state index in [1.54, 1.807) is 20.3 Å². The topological polar surface area (TPSA) is 59.5 Å². The number of hydrogen-bond acceptors (Lipinski definition) is 3. The molecule has 3 heterocycles. The number of nitrogens with one attached hydrogen (secondary N) is 1. The van der Waals surface area contributed by atoms with Crippen LogP contribution in [0, 0.1) is 5.82 Å². The number of carbonyl (C=O) groups excluding carboxylic acids is 1. The third-order valence-electron chi connectivity index (χ3n) is 6.00. The first-order valence-electron chi connectivity index (χ1n) is 9.80. The van der Waals surface area contributed by atoms with Crippen molar-refractivity contribution in [1.82, 2.24) is 14.5 Å². The molecule has 154 valence electrons. The van der Waals surface area contributed by atoms with E-state index in [1.807, 2.05) is 34.7 Å². The van der Waals surface area contributed by atoms with Crippen molar-refractivity contribution in [3.05, 3.63) is 59.2 Å². The molecule has 2 aromatic heterocycles. The Morgan fingerprint density at radius 3 is 2.60 bits per heavy atom. The van der Waals surface area contributed by atoms with Crippen LogP contribution in [-0.4, -0.2) is 41.1 Å². The van der Waals surface area contributed by atoms with E-state index in [0.29, 0.717) is 36.7 Å². The molecule has 0 unspecified atom stereocenters. The minimum atomic E-state index is -0.277. The second kappa shape index (κ2) is 6.79. The Morgan fingerprint density at radius 1 is 1.07 bits per heavy atom. The highest BCUT2D eigenvalue weighted by molar-refractivity contribution is 6.02. The number of halogens is 1. The van der Waals surface area contributed by atoms with Crippen molar-refractivity contribution in [3.8, 4) is 11.5 Å². The standard InChI is InChI=1S/C23H22FN3O3/c1-26-19(11-15-20(29-2)6-7-21(30-3)22(15)26)23(28)27-9-8-18-16(12-27)14-10-13(24)4-5-17(14)25-18/h4-7,10-11,25H,8-9,12H2,1-3H3. The number of benzene rings is 2. The summed E-state index contributed by atoms with van der Waals surface area (Å²) in [6.45, 7) is 1.03. The summed E-state index contributed by atoms with van der Waals surface area (Å²) in [4.78, 5) is 18.6. The van der Waals surface area contributed by atoms with Crippen molar-refractivity contribution in [2.45, 2.75) is 13.0 Å². The van der Waals surface area contributed by atoms with E-state index in [0.717, 1.165) is 33.1 Å². The van der Waals surface area contributed by atoms with E-state index in [1.165, 1.54) is 12.1 Å². The summed E-state index contributed by atoms with van der Waals surface area (Å²) in [5.41, 5.74) is 4.32. The molecular formula is C23H22FN3O3. The van der Waals surface area contributed by atoms with E-state index >= 15 is 0 Å². The highest BCUT2D eigenvalue weighted by atomic mass is 19.1. The maximum atomic E-state index is 13.8. The van der Waals surface area contributed by atoms with Gasteiger partial charge in [0, 0.05) is 54.1 Å². The maximum Gasteiger partial charge on any atom is 0.270 e. The number of ether oxygens (including phenoxy) is 2. The van der Waals surface area contributed by atoms with Crippen molar-refractivity contribution < 1.29 is 18.7 Å². The van der Waals surface area contributed by atoms with Crippen molar-refractivity contribution in [1.29, 1.82) is 0 Å². The van der Waals surface area contributed by atoms with Crippen molar-refractivity contribution in [2.75, 3.05) is 20.8 Å². The van der Waals surface area contributed by atoms with E-state index in [9.17, 15) is 9.18 Å². The van der Waals surface area contributed by atoms with Gasteiger partial charge >= 0.3 is 0 Å². The lowest BCUT2D eigenvalue weighted by Gasteiger charge is -2.27. The summed E-state index contributed by atoms with van der Waals surface area (Å²) in [7, 11) is 5.07. The molecule has 0 atom stereocenters. The molecule has 1 aliphatic rings. The number of methoxy groups -OCH3 is 2. The van der Waals surface area contributed by atoms with Gasteiger partial charge in [0.2, 0.25) is 0 Å². The van der Waals surface area contributed by atoms with Gasteiger partial charge in [-0.25, -0.2) is 4.39 Å². The molecule has 30 heavy (non-hydrogen) atoms. The number of aromatic amines is 1. The third kappa shape index (κ3) is 2.65. The number of H-pyrrole nitrogens is 1. The quantitative estimate of drug-likeness (QED) is 0.558. The van der Waals surface area contributed by atoms with Crippen LogP contribution in [0.5, 0.6) is 11.5 Å². The van der Waals surface area contributed by atoms with Gasteiger partial charge in [0.05, 0.1) is 19.7 Å². The Balaban J connectivity index is 1.56. The second-order valence-corrected chi connectivity index (χ2v) is 7.57. The van der Waals surface area contributed by atoms with Crippen LogP contribution < -0.4 is 9.47 Å². The fourth-order valence-corrected chi connectivity index (χ4v) is 4.48. The lowest BCUT2D eigenvalue weighted by Crippen LogP contribution is -2.36. The lowest BCUT2D eigenvalue weighted by atomic mass is 10.0. The van der Waals surface area contributed by atoms with Gasteiger partial charge in [-0.05, 0) is 36.4 Å². The maximum absolute atomic E-state index is 13.8. The van der Waals surface area contributed by atoms with Crippen LogP contribution >= 0.6 is 0 Å². The zero-order valence-corrected chi connectivity index (χ0v) is 17.1. The molecule has 4 aromatic rings. The SMILES string of the molecule is COc1ccc(OC)c2c1cc(C(=O)N1CCc3[nH]c4ccc(F)cc4c3C1)n2C. The van der Waals surface area contributed by atoms with E-state index in [2.05, 4.69) is 4.98 Å². The van der Waals surface area contributed by atoms with Gasteiger partial charge in [-0.3, -0.25) is 4.79 Å². The van der Waals surface area contributed by atoms with Gasteiger partial charge in [0.1, 0.15) is 23.0 Å². The van der Waals surface area contributed by atoms with Gasteiger partial charge in [0.15, 0.2) is 0 Å². The largest absolute Gasteiger partial charge is 0.496 e. The highest BCUT2D eigenvalue weighted by Gasteiger charge is 2.28. The molecule has 0 fully saturated rings. The third-order valence-corrected chi connectivity index (χ3v) is 6.00. The number of fused-ring (bicyclic) bond motifs is 4. The Hall–Kier alpha value is -3.48. The summed E-state index contributed by atoms with van der Waals surface area (Å²) in [6.07, 6.45) is 0.702. The summed E-state index contributed by atoms with van der Waals surface area (Å²) in [6, 6.07) is 10.3. The first-order valence-corrected chi connectivity index (χ1v) is 9.80. The van der Waals surface area contributed by atoms with E-state index in [-0.39, 0.29) is 11.7 Å². The van der Waals surface area contributed by atoms with Crippen LogP contribution in [0.4, 0.5) is 4.39 Å². The predicted molar refractivity (Wildman–Crippen MR) is 113 cm³/mol. The molecule has 0 radical (unpaired) electrons. The average Bonchev–Trinajstić information content (AvgIpc) is 3.30. The summed E-state index contributed by atoms with van der Waals surface area (Å²) in [5.74, 6) is 1.02. The van der Waals surface area contributed by atoms with Gasteiger partial charge < -0.3 is 23.9 Å². The highest BCUT2D eigenvalue weighted by Crippen LogP contribution is 2.36. The molecule has 6 nitrogen and oxygen atoms in total. The zero-order chi connectivity index (χ0) is 21.0. The smallest absolute Gasteiger partial charge is 0.270 e. The summed E-state index contributed by atoms with van der Waals surface area (Å²) in [5, 5.41) is 1.66. The Kier molecular flexibility index (Phi) is 4.20. The molecule has 2 aromatic carbocycles. The molecule has 0 spiro atoms. The monoisotopic (exact) mass is 407 g/mol. The number of nitrogens with zero attached hydrogens (tertiary/aromatic N) is 2. The molecule has 1 aliphatic heterocycles. The van der Waals surface area contributed by atoms with Gasteiger partial charge in [-0.1, -0.05) is 0 Å². The second-order valence-electron chi connectivity index (χ2n) is 7.57. The van der Waals surface area contributed by atoms with Crippen LogP contribution in [-0.2, 0) is 20.0 Å². The number of amides is 1. The molecule has 0 saturated heterocycles. The zero-order valence-electron chi connectivity index (χ0n) is 17.1. The fraction of sp³-hybridized carbons (Fsp3) is 0.261. The van der Waals surface area contributed by atoms with Crippen LogP contribution in [0.1, 0.15) is 21.7 Å². The average molecular weight is 407 g/mol. The Bertz CT molecular complexity index is 1300. The van der Waals surface area contributed by atoms with Crippen LogP contribution in [0.25, 0.3) is 21.8 Å². The van der Waals surface area contributed by atoms with Crippen molar-refractivity contribution in [3.63, 3.8) is 0 Å². The number of aryl methyl sites for hydroxylation is 1. The molecule has 1 amide bonds. The Morgan fingerprint density at radius 2 is 1.83 bits per heavy atom. The molecule has 1 N–H and O–H groups in total. The molecular weight excluding hydrogens is 385 g/mol. The minimum absolute atomic E-state index is 0.0748.